The van der Waals surface area contributed by atoms with Crippen LogP contribution in [0.3, 0.4) is 0 Å². The lowest BCUT2D eigenvalue weighted by atomic mass is 10.1. The summed E-state index contributed by atoms with van der Waals surface area (Å²) < 4.78 is 39.4. The van der Waals surface area contributed by atoms with E-state index < -0.39 is 23.2 Å². The lowest BCUT2D eigenvalue weighted by Crippen LogP contribution is -2.19. The van der Waals surface area contributed by atoms with Crippen LogP contribution in [0.4, 0.5) is 18.9 Å². The van der Waals surface area contributed by atoms with E-state index >= 15 is 0 Å². The molecule has 0 aliphatic rings. The first-order valence-electron chi connectivity index (χ1n) is 6.10. The molecule has 0 unspecified atom stereocenters. The number of halogens is 5. The van der Waals surface area contributed by atoms with Gasteiger partial charge in [0, 0.05) is 11.2 Å². The summed E-state index contributed by atoms with van der Waals surface area (Å²) in [6.45, 7) is 0. The predicted molar refractivity (Wildman–Crippen MR) is 85.4 cm³/mol. The molecule has 1 heterocycles. The number of hydrogen-bond acceptors (Lipinski definition) is 3. The highest BCUT2D eigenvalue weighted by Gasteiger charge is 2.36. The molecule has 2 rings (SSSR count). The normalized spacial score (nSPS) is 11.4. The minimum atomic E-state index is -4.68. The average molecular weight is 381 g/mol. The molecule has 3 nitrogen and oxygen atoms in total. The van der Waals surface area contributed by atoms with Gasteiger partial charge >= 0.3 is 6.18 Å². The van der Waals surface area contributed by atoms with E-state index in [9.17, 15) is 18.0 Å². The molecule has 9 heteroatoms. The second kappa shape index (κ2) is 6.98. The minimum absolute atomic E-state index is 0.119. The maximum Gasteiger partial charge on any atom is 0.417 e. The van der Waals surface area contributed by atoms with Gasteiger partial charge in [0.05, 0.1) is 26.9 Å². The van der Waals surface area contributed by atoms with Gasteiger partial charge in [0.1, 0.15) is 0 Å². The molecular formula is C14H9Cl2F3N2OS. The quantitative estimate of drug-likeness (QED) is 0.726. The standard InChI is InChI=1S/C14H9Cl2F3N2OS/c1-23-12-5-9(14(17,18)19)8(6-20-12)13(22)21-11-3-2-7(15)4-10(11)16/h2-6H,1H3,(H,21,22). The van der Waals surface area contributed by atoms with Crippen molar-refractivity contribution in [1.82, 2.24) is 4.98 Å². The van der Waals surface area contributed by atoms with Gasteiger partial charge in [-0.05, 0) is 30.5 Å². The van der Waals surface area contributed by atoms with Crippen molar-refractivity contribution in [3.8, 4) is 0 Å². The van der Waals surface area contributed by atoms with E-state index in [2.05, 4.69) is 10.3 Å². The molecule has 0 saturated carbocycles. The Morgan fingerprint density at radius 3 is 2.52 bits per heavy atom. The molecule has 0 atom stereocenters. The second-order valence-corrected chi connectivity index (χ2v) is 6.02. The van der Waals surface area contributed by atoms with Crippen LogP contribution in [0.15, 0.2) is 35.5 Å². The fraction of sp³-hybridized carbons (Fsp3) is 0.143. The number of rotatable bonds is 3. The summed E-state index contributed by atoms with van der Waals surface area (Å²) in [7, 11) is 0. The number of carbonyl (C=O) groups excluding carboxylic acids is 1. The third kappa shape index (κ3) is 4.31. The number of aromatic nitrogens is 1. The smallest absolute Gasteiger partial charge is 0.321 e. The molecule has 2 aromatic rings. The fourth-order valence-electron chi connectivity index (χ4n) is 1.74. The number of carbonyl (C=O) groups is 1. The highest BCUT2D eigenvalue weighted by atomic mass is 35.5. The summed E-state index contributed by atoms with van der Waals surface area (Å²) in [5.74, 6) is -0.957. The number of nitrogens with zero attached hydrogens (tertiary/aromatic N) is 1. The van der Waals surface area contributed by atoms with E-state index in [1.165, 1.54) is 18.2 Å². The third-order valence-corrected chi connectivity index (χ3v) is 4.01. The Kier molecular flexibility index (Phi) is 5.44. The van der Waals surface area contributed by atoms with E-state index in [1.54, 1.807) is 6.26 Å². The molecule has 23 heavy (non-hydrogen) atoms. The van der Waals surface area contributed by atoms with Crippen molar-refractivity contribution >= 4 is 46.6 Å². The molecule has 0 aliphatic carbocycles. The molecule has 0 aliphatic heterocycles. The third-order valence-electron chi connectivity index (χ3n) is 2.82. The molecule has 1 aromatic heterocycles. The van der Waals surface area contributed by atoms with Crippen LogP contribution in [0, 0.1) is 0 Å². The number of nitrogens with one attached hydrogen (secondary N) is 1. The summed E-state index contributed by atoms with van der Waals surface area (Å²) in [5.41, 5.74) is -1.48. The monoisotopic (exact) mass is 380 g/mol. The van der Waals surface area contributed by atoms with Gasteiger partial charge in [-0.2, -0.15) is 13.2 Å². The molecule has 0 radical (unpaired) electrons. The SMILES string of the molecule is CSc1cc(C(F)(F)F)c(C(=O)Nc2ccc(Cl)cc2Cl)cn1. The summed E-state index contributed by atoms with van der Waals surface area (Å²) in [6, 6.07) is 5.07. The lowest BCUT2D eigenvalue weighted by molar-refractivity contribution is -0.138. The van der Waals surface area contributed by atoms with E-state index in [-0.39, 0.29) is 15.7 Å². The van der Waals surface area contributed by atoms with Gasteiger partial charge < -0.3 is 5.32 Å². The van der Waals surface area contributed by atoms with Crippen molar-refractivity contribution in [2.75, 3.05) is 11.6 Å². The van der Waals surface area contributed by atoms with Crippen molar-refractivity contribution in [2.24, 2.45) is 0 Å². The zero-order valence-electron chi connectivity index (χ0n) is 11.5. The van der Waals surface area contributed by atoms with Gasteiger partial charge in [-0.3, -0.25) is 4.79 Å². The zero-order valence-corrected chi connectivity index (χ0v) is 13.9. The number of amides is 1. The maximum atomic E-state index is 13.1. The number of alkyl halides is 3. The van der Waals surface area contributed by atoms with Crippen molar-refractivity contribution in [3.63, 3.8) is 0 Å². The van der Waals surface area contributed by atoms with Gasteiger partial charge in [-0.15, -0.1) is 11.8 Å². The van der Waals surface area contributed by atoms with Crippen molar-refractivity contribution in [1.29, 1.82) is 0 Å². The van der Waals surface area contributed by atoms with Crippen LogP contribution in [0.2, 0.25) is 10.0 Å². The zero-order chi connectivity index (χ0) is 17.2. The largest absolute Gasteiger partial charge is 0.417 e. The van der Waals surface area contributed by atoms with E-state index in [0.29, 0.717) is 5.02 Å². The summed E-state index contributed by atoms with van der Waals surface area (Å²) >= 11 is 12.7. The van der Waals surface area contributed by atoms with Gasteiger partial charge in [-0.1, -0.05) is 23.2 Å². The van der Waals surface area contributed by atoms with Crippen molar-refractivity contribution in [2.45, 2.75) is 11.2 Å². The number of anilines is 1. The Morgan fingerprint density at radius 1 is 1.26 bits per heavy atom. The molecule has 1 N–H and O–H groups in total. The highest BCUT2D eigenvalue weighted by Crippen LogP contribution is 2.34. The molecule has 0 spiro atoms. The van der Waals surface area contributed by atoms with E-state index in [0.717, 1.165) is 24.0 Å². The van der Waals surface area contributed by atoms with Crippen LogP contribution >= 0.6 is 35.0 Å². The van der Waals surface area contributed by atoms with Gasteiger partial charge in [-0.25, -0.2) is 4.98 Å². The summed E-state index contributed by atoms with van der Waals surface area (Å²) in [6.07, 6.45) is -2.19. The predicted octanol–water partition coefficient (Wildman–Crippen LogP) is 5.38. The van der Waals surface area contributed by atoms with Gasteiger partial charge in [0.15, 0.2) is 0 Å². The summed E-state index contributed by atoms with van der Waals surface area (Å²) in [5, 5.41) is 2.95. The maximum absolute atomic E-state index is 13.1. The van der Waals surface area contributed by atoms with Crippen molar-refractivity contribution < 1.29 is 18.0 Å². The molecule has 0 fully saturated rings. The van der Waals surface area contributed by atoms with E-state index in [4.69, 9.17) is 23.2 Å². The summed E-state index contributed by atoms with van der Waals surface area (Å²) in [4.78, 5) is 16.0. The van der Waals surface area contributed by atoms with Crippen LogP contribution in [0.25, 0.3) is 0 Å². The Morgan fingerprint density at radius 2 is 1.96 bits per heavy atom. The number of benzene rings is 1. The molecule has 1 aromatic carbocycles. The Balaban J connectivity index is 2.39. The second-order valence-electron chi connectivity index (χ2n) is 4.35. The number of thioether (sulfide) groups is 1. The van der Waals surface area contributed by atoms with Crippen LogP contribution in [-0.4, -0.2) is 17.1 Å². The van der Waals surface area contributed by atoms with Crippen molar-refractivity contribution in [3.05, 3.63) is 51.6 Å². The topological polar surface area (TPSA) is 42.0 Å². The molecule has 0 bridgehead atoms. The molecule has 0 saturated heterocycles. The molecule has 122 valence electrons. The fourth-order valence-corrected chi connectivity index (χ4v) is 2.59. The highest BCUT2D eigenvalue weighted by molar-refractivity contribution is 7.98. The molecular weight excluding hydrogens is 372 g/mol. The number of pyridine rings is 1. The Labute approximate surface area is 144 Å². The van der Waals surface area contributed by atoms with Crippen LogP contribution in [-0.2, 0) is 6.18 Å². The Hall–Kier alpha value is -1.44. The van der Waals surface area contributed by atoms with Gasteiger partial charge in [0.2, 0.25) is 0 Å². The minimum Gasteiger partial charge on any atom is -0.321 e. The first-order valence-corrected chi connectivity index (χ1v) is 8.08. The first-order chi connectivity index (χ1) is 10.7. The Bertz CT molecular complexity index is 753. The number of hydrogen-bond donors (Lipinski definition) is 1. The lowest BCUT2D eigenvalue weighted by Gasteiger charge is -2.14. The van der Waals surface area contributed by atoms with Gasteiger partial charge in [0.25, 0.3) is 5.91 Å². The average Bonchev–Trinajstić information content (AvgIpc) is 2.48. The van der Waals surface area contributed by atoms with Crippen LogP contribution in [0.5, 0.6) is 0 Å². The van der Waals surface area contributed by atoms with Crippen LogP contribution in [0.1, 0.15) is 15.9 Å². The van der Waals surface area contributed by atoms with E-state index in [1.807, 2.05) is 0 Å². The first kappa shape index (κ1) is 17.9. The molecule has 1 amide bonds. The van der Waals surface area contributed by atoms with Crippen LogP contribution < -0.4 is 5.32 Å².